The third-order valence-corrected chi connectivity index (χ3v) is 2.57. The molecule has 0 unspecified atom stereocenters. The van der Waals surface area contributed by atoms with E-state index < -0.39 is 0 Å². The molecule has 0 radical (unpaired) electrons. The number of rotatable bonds is 2. The van der Waals surface area contributed by atoms with E-state index in [1.807, 2.05) is 4.68 Å². The summed E-state index contributed by atoms with van der Waals surface area (Å²) in [5.41, 5.74) is 2.44. The Balaban J connectivity index is 3.21. The average Bonchev–Trinajstić information content (AvgIpc) is 2.46. The highest BCUT2D eigenvalue weighted by atomic mass is 16.5. The molecule has 16 heavy (non-hydrogen) atoms. The van der Waals surface area contributed by atoms with Crippen LogP contribution in [0.2, 0.25) is 0 Å². The normalized spacial score (nSPS) is 13.2. The average molecular weight is 224 g/mol. The number of nitrogens with zero attached hydrogens (tertiary/aromatic N) is 2. The van der Waals surface area contributed by atoms with Gasteiger partial charge in [0.1, 0.15) is 0 Å². The summed E-state index contributed by atoms with van der Waals surface area (Å²) >= 11 is 0. The summed E-state index contributed by atoms with van der Waals surface area (Å²) in [6, 6.07) is 0. The van der Waals surface area contributed by atoms with Gasteiger partial charge in [0.2, 0.25) is 0 Å². The summed E-state index contributed by atoms with van der Waals surface area (Å²) in [7, 11) is 1.71. The second-order valence-corrected chi connectivity index (χ2v) is 6.29. The van der Waals surface area contributed by atoms with Crippen molar-refractivity contribution in [2.45, 2.75) is 59.1 Å². The molecule has 0 aliphatic carbocycles. The molecule has 0 amide bonds. The van der Waals surface area contributed by atoms with Crippen LogP contribution in [-0.2, 0) is 22.3 Å². The van der Waals surface area contributed by atoms with E-state index in [1.165, 1.54) is 5.56 Å². The highest BCUT2D eigenvalue weighted by Gasteiger charge is 2.24. The molecule has 92 valence electrons. The van der Waals surface area contributed by atoms with Crippen LogP contribution in [0.3, 0.4) is 0 Å². The molecule has 0 atom stereocenters. The summed E-state index contributed by atoms with van der Waals surface area (Å²) in [6.45, 7) is 13.7. The van der Waals surface area contributed by atoms with Crippen LogP contribution in [0.15, 0.2) is 6.20 Å². The molecular weight excluding hydrogens is 200 g/mol. The van der Waals surface area contributed by atoms with Crippen LogP contribution in [0.4, 0.5) is 0 Å². The van der Waals surface area contributed by atoms with Gasteiger partial charge in [-0.15, -0.1) is 0 Å². The number of hydrogen-bond acceptors (Lipinski definition) is 2. The minimum absolute atomic E-state index is 0.0198. The van der Waals surface area contributed by atoms with Crippen molar-refractivity contribution < 1.29 is 4.74 Å². The molecule has 0 bridgehead atoms. The van der Waals surface area contributed by atoms with Crippen LogP contribution in [0.1, 0.15) is 52.8 Å². The van der Waals surface area contributed by atoms with Gasteiger partial charge < -0.3 is 4.74 Å². The van der Waals surface area contributed by atoms with Crippen molar-refractivity contribution in [1.82, 2.24) is 9.78 Å². The molecular formula is C13H24N2O. The lowest BCUT2D eigenvalue weighted by atomic mass is 9.87. The molecule has 0 aliphatic heterocycles. The highest BCUT2D eigenvalue weighted by molar-refractivity contribution is 5.25. The molecule has 0 saturated heterocycles. The van der Waals surface area contributed by atoms with Gasteiger partial charge in [-0.25, -0.2) is 0 Å². The lowest BCUT2D eigenvalue weighted by molar-refractivity contribution is 0.178. The van der Waals surface area contributed by atoms with Crippen molar-refractivity contribution in [2.75, 3.05) is 7.11 Å². The molecule has 3 heteroatoms. The Hall–Kier alpha value is -0.830. The zero-order valence-electron chi connectivity index (χ0n) is 11.6. The molecule has 0 N–H and O–H groups in total. The SMILES string of the molecule is COCc1nn(C(C)(C)C)cc1C(C)(C)C. The van der Waals surface area contributed by atoms with Gasteiger partial charge in [0, 0.05) is 18.9 Å². The summed E-state index contributed by atoms with van der Waals surface area (Å²) in [5, 5.41) is 4.63. The fraction of sp³-hybridized carbons (Fsp3) is 0.769. The van der Waals surface area contributed by atoms with Gasteiger partial charge in [0.05, 0.1) is 17.8 Å². The largest absolute Gasteiger partial charge is 0.378 e. The molecule has 1 rings (SSSR count). The topological polar surface area (TPSA) is 27.1 Å². The number of aromatic nitrogens is 2. The van der Waals surface area contributed by atoms with Crippen molar-refractivity contribution in [3.05, 3.63) is 17.5 Å². The Morgan fingerprint density at radius 2 is 1.75 bits per heavy atom. The smallest absolute Gasteiger partial charge is 0.0919 e. The van der Waals surface area contributed by atoms with Crippen molar-refractivity contribution in [2.24, 2.45) is 0 Å². The van der Waals surface area contributed by atoms with Crippen LogP contribution >= 0.6 is 0 Å². The van der Waals surface area contributed by atoms with Crippen molar-refractivity contribution in [3.8, 4) is 0 Å². The Morgan fingerprint density at radius 1 is 1.19 bits per heavy atom. The maximum atomic E-state index is 5.21. The van der Waals surface area contributed by atoms with Gasteiger partial charge in [-0.3, -0.25) is 4.68 Å². The minimum atomic E-state index is 0.0198. The summed E-state index contributed by atoms with van der Waals surface area (Å²) < 4.78 is 7.24. The predicted octanol–water partition coefficient (Wildman–Crippen LogP) is 3.08. The van der Waals surface area contributed by atoms with E-state index in [-0.39, 0.29) is 11.0 Å². The van der Waals surface area contributed by atoms with Crippen LogP contribution in [0.5, 0.6) is 0 Å². The van der Waals surface area contributed by atoms with E-state index in [0.717, 1.165) is 5.69 Å². The van der Waals surface area contributed by atoms with E-state index >= 15 is 0 Å². The molecule has 1 aromatic heterocycles. The zero-order chi connectivity index (χ0) is 12.6. The van der Waals surface area contributed by atoms with Gasteiger partial charge in [0.15, 0.2) is 0 Å². The third kappa shape index (κ3) is 2.85. The Morgan fingerprint density at radius 3 is 2.12 bits per heavy atom. The van der Waals surface area contributed by atoms with E-state index in [0.29, 0.717) is 6.61 Å². The Labute approximate surface area is 98.8 Å². The maximum Gasteiger partial charge on any atom is 0.0919 e. The number of hydrogen-bond donors (Lipinski definition) is 0. The second-order valence-electron chi connectivity index (χ2n) is 6.29. The van der Waals surface area contributed by atoms with E-state index in [1.54, 1.807) is 7.11 Å². The first kappa shape index (κ1) is 13.2. The summed E-state index contributed by atoms with van der Waals surface area (Å²) in [6.07, 6.45) is 2.15. The van der Waals surface area contributed by atoms with Gasteiger partial charge in [-0.05, 0) is 26.2 Å². The van der Waals surface area contributed by atoms with Gasteiger partial charge in [-0.1, -0.05) is 20.8 Å². The van der Waals surface area contributed by atoms with Gasteiger partial charge >= 0.3 is 0 Å². The lowest BCUT2D eigenvalue weighted by Gasteiger charge is -2.20. The van der Waals surface area contributed by atoms with Crippen molar-refractivity contribution in [3.63, 3.8) is 0 Å². The van der Waals surface area contributed by atoms with Gasteiger partial charge in [-0.2, -0.15) is 5.10 Å². The zero-order valence-corrected chi connectivity index (χ0v) is 11.6. The summed E-state index contributed by atoms with van der Waals surface area (Å²) in [4.78, 5) is 0. The van der Waals surface area contributed by atoms with Crippen LogP contribution in [0.25, 0.3) is 0 Å². The Bertz CT molecular complexity index is 353. The Kier molecular flexibility index (Phi) is 3.48. The molecule has 3 nitrogen and oxygen atoms in total. The van der Waals surface area contributed by atoms with Crippen LogP contribution < -0.4 is 0 Å². The molecule has 1 aromatic rings. The highest BCUT2D eigenvalue weighted by Crippen LogP contribution is 2.27. The van der Waals surface area contributed by atoms with Crippen LogP contribution in [-0.4, -0.2) is 16.9 Å². The lowest BCUT2D eigenvalue weighted by Crippen LogP contribution is -2.22. The van der Waals surface area contributed by atoms with E-state index in [9.17, 15) is 0 Å². The first-order valence-corrected chi connectivity index (χ1v) is 5.74. The predicted molar refractivity (Wildman–Crippen MR) is 66.6 cm³/mol. The van der Waals surface area contributed by atoms with Crippen molar-refractivity contribution in [1.29, 1.82) is 0 Å². The third-order valence-electron chi connectivity index (χ3n) is 2.57. The molecule has 0 fully saturated rings. The molecule has 0 aliphatic rings. The first-order valence-electron chi connectivity index (χ1n) is 5.74. The molecule has 1 heterocycles. The number of ether oxygens (including phenoxy) is 1. The van der Waals surface area contributed by atoms with E-state index in [4.69, 9.17) is 4.74 Å². The van der Waals surface area contributed by atoms with Crippen LogP contribution in [0, 0.1) is 0 Å². The summed E-state index contributed by atoms with van der Waals surface area (Å²) in [5.74, 6) is 0. The number of methoxy groups -OCH3 is 1. The molecule has 0 spiro atoms. The second kappa shape index (κ2) is 4.21. The monoisotopic (exact) mass is 224 g/mol. The molecule has 0 saturated carbocycles. The van der Waals surface area contributed by atoms with Gasteiger partial charge in [0.25, 0.3) is 0 Å². The maximum absolute atomic E-state index is 5.21. The first-order chi connectivity index (χ1) is 7.16. The van der Waals surface area contributed by atoms with E-state index in [2.05, 4.69) is 52.8 Å². The fourth-order valence-electron chi connectivity index (χ4n) is 1.62. The fourth-order valence-corrected chi connectivity index (χ4v) is 1.62. The minimum Gasteiger partial charge on any atom is -0.378 e. The van der Waals surface area contributed by atoms with Crippen molar-refractivity contribution >= 4 is 0 Å². The standard InChI is InChI=1S/C13H24N2O/c1-12(2,3)10-8-15(13(4,5)6)14-11(10)9-16-7/h8H,9H2,1-7H3. The quantitative estimate of drug-likeness (QED) is 0.772. The molecule has 0 aromatic carbocycles.